The third-order valence-electron chi connectivity index (χ3n) is 3.76. The summed E-state index contributed by atoms with van der Waals surface area (Å²) in [6.45, 7) is 0. The SMILES string of the molecule is O=C(On1c(O)ccc1O)c1c(O)ccc2nc3cc(Cl)c(=O)cc-3oc12. The Morgan fingerprint density at radius 2 is 1.81 bits per heavy atom. The molecule has 136 valence electrons. The van der Waals surface area contributed by atoms with Crippen LogP contribution in [0.5, 0.6) is 17.5 Å². The van der Waals surface area contributed by atoms with Crippen LogP contribution in [0.15, 0.2) is 45.6 Å². The van der Waals surface area contributed by atoms with Gasteiger partial charge in [0.05, 0.1) is 5.02 Å². The second kappa shape index (κ2) is 5.92. The highest BCUT2D eigenvalue weighted by Crippen LogP contribution is 2.32. The van der Waals surface area contributed by atoms with Crippen LogP contribution in [0, 0.1) is 0 Å². The highest BCUT2D eigenvalue weighted by atomic mass is 35.5. The van der Waals surface area contributed by atoms with Gasteiger partial charge in [0.1, 0.15) is 22.5 Å². The number of hydrogen-bond acceptors (Lipinski definition) is 8. The molecule has 0 radical (unpaired) electrons. The van der Waals surface area contributed by atoms with Crippen LogP contribution in [0.4, 0.5) is 0 Å². The molecular formula is C17H9ClN2O7. The van der Waals surface area contributed by atoms with Crippen LogP contribution in [-0.2, 0) is 0 Å². The molecule has 10 heteroatoms. The lowest BCUT2D eigenvalue weighted by Gasteiger charge is -2.11. The van der Waals surface area contributed by atoms with Crippen molar-refractivity contribution in [3.63, 3.8) is 0 Å². The molecule has 0 saturated heterocycles. The van der Waals surface area contributed by atoms with Crippen molar-refractivity contribution in [3.8, 4) is 29.0 Å². The molecule has 2 heterocycles. The van der Waals surface area contributed by atoms with E-state index in [1.165, 1.54) is 18.2 Å². The highest BCUT2D eigenvalue weighted by molar-refractivity contribution is 6.30. The van der Waals surface area contributed by atoms with Crippen molar-refractivity contribution in [2.75, 3.05) is 0 Å². The number of aromatic nitrogens is 2. The molecule has 0 amide bonds. The molecule has 2 aromatic rings. The van der Waals surface area contributed by atoms with Gasteiger partial charge in [0, 0.05) is 18.2 Å². The molecule has 0 unspecified atom stereocenters. The van der Waals surface area contributed by atoms with Crippen LogP contribution < -0.4 is 10.3 Å². The van der Waals surface area contributed by atoms with Gasteiger partial charge in [-0.25, -0.2) is 9.78 Å². The third-order valence-corrected chi connectivity index (χ3v) is 4.05. The van der Waals surface area contributed by atoms with Crippen molar-refractivity contribution in [2.45, 2.75) is 0 Å². The first-order valence-electron chi connectivity index (χ1n) is 7.43. The summed E-state index contributed by atoms with van der Waals surface area (Å²) in [5, 5.41) is 29.2. The zero-order valence-electron chi connectivity index (χ0n) is 13.2. The van der Waals surface area contributed by atoms with Gasteiger partial charge in [0.2, 0.25) is 17.2 Å². The lowest BCUT2D eigenvalue weighted by Crippen LogP contribution is -2.19. The number of rotatable bonds is 2. The summed E-state index contributed by atoms with van der Waals surface area (Å²) in [4.78, 5) is 33.4. The Balaban J connectivity index is 1.91. The molecule has 1 aliphatic carbocycles. The molecule has 1 aromatic carbocycles. The zero-order chi connectivity index (χ0) is 19.3. The van der Waals surface area contributed by atoms with Crippen molar-refractivity contribution in [1.29, 1.82) is 0 Å². The predicted molar refractivity (Wildman–Crippen MR) is 92.2 cm³/mol. The number of fused-ring (bicyclic) bond motifs is 2. The minimum atomic E-state index is -1.14. The number of hydrogen-bond donors (Lipinski definition) is 3. The van der Waals surface area contributed by atoms with E-state index < -0.39 is 34.5 Å². The number of phenolic OH excluding ortho intramolecular Hbond substituents is 1. The average molecular weight is 389 g/mol. The van der Waals surface area contributed by atoms with Crippen molar-refractivity contribution >= 4 is 28.7 Å². The number of nitrogens with zero attached hydrogens (tertiary/aromatic N) is 2. The van der Waals surface area contributed by atoms with Crippen LogP contribution in [0.1, 0.15) is 10.4 Å². The van der Waals surface area contributed by atoms with Gasteiger partial charge in [-0.1, -0.05) is 11.6 Å². The number of halogens is 1. The maximum absolute atomic E-state index is 12.5. The Labute approximate surface area is 154 Å². The number of phenols is 1. The first-order chi connectivity index (χ1) is 12.8. The molecule has 0 bridgehead atoms. The fourth-order valence-electron chi connectivity index (χ4n) is 2.51. The van der Waals surface area contributed by atoms with E-state index in [0.717, 1.165) is 18.2 Å². The molecule has 0 spiro atoms. The van der Waals surface area contributed by atoms with Gasteiger partial charge < -0.3 is 24.6 Å². The van der Waals surface area contributed by atoms with Crippen LogP contribution in [0.25, 0.3) is 22.6 Å². The minimum absolute atomic E-state index is 0.0403. The molecule has 3 N–H and O–H groups in total. The maximum Gasteiger partial charge on any atom is 0.371 e. The summed E-state index contributed by atoms with van der Waals surface area (Å²) in [6, 6.07) is 7.23. The largest absolute Gasteiger partial charge is 0.507 e. The Hall–Kier alpha value is -3.72. The van der Waals surface area contributed by atoms with E-state index in [2.05, 4.69) is 4.98 Å². The Kier molecular flexibility index (Phi) is 3.67. The monoisotopic (exact) mass is 388 g/mol. The molecule has 2 aliphatic rings. The van der Waals surface area contributed by atoms with Crippen molar-refractivity contribution in [1.82, 2.24) is 9.71 Å². The molecule has 4 rings (SSSR count). The minimum Gasteiger partial charge on any atom is -0.507 e. The van der Waals surface area contributed by atoms with Gasteiger partial charge in [0.15, 0.2) is 11.3 Å². The molecule has 0 saturated carbocycles. The second-order valence-electron chi connectivity index (χ2n) is 5.50. The summed E-state index contributed by atoms with van der Waals surface area (Å²) >= 11 is 5.80. The van der Waals surface area contributed by atoms with Crippen LogP contribution in [-0.4, -0.2) is 31.0 Å². The van der Waals surface area contributed by atoms with Crippen LogP contribution in [0.2, 0.25) is 5.02 Å². The fraction of sp³-hybridized carbons (Fsp3) is 0. The number of benzene rings is 2. The zero-order valence-corrected chi connectivity index (χ0v) is 14.0. The van der Waals surface area contributed by atoms with Gasteiger partial charge in [-0.05, 0) is 18.2 Å². The first-order valence-corrected chi connectivity index (χ1v) is 7.81. The van der Waals surface area contributed by atoms with E-state index in [1.807, 2.05) is 0 Å². The molecule has 0 fully saturated rings. The van der Waals surface area contributed by atoms with Crippen molar-refractivity contribution < 1.29 is 29.4 Å². The number of aromatic hydroxyl groups is 3. The van der Waals surface area contributed by atoms with E-state index in [-0.39, 0.29) is 27.6 Å². The Morgan fingerprint density at radius 3 is 2.52 bits per heavy atom. The molecular weight excluding hydrogens is 380 g/mol. The standard InChI is InChI=1S/C17H9ClN2O7/c18-7-5-9-12(6-11(7)22)26-16-8(19-9)1-2-10(21)15(16)17(25)27-20-13(23)3-4-14(20)24/h1-6,21,23-24H. The van der Waals surface area contributed by atoms with Gasteiger partial charge in [0.25, 0.3) is 0 Å². The van der Waals surface area contributed by atoms with E-state index in [9.17, 15) is 24.9 Å². The average Bonchev–Trinajstić information content (AvgIpc) is 2.93. The fourth-order valence-corrected chi connectivity index (χ4v) is 2.66. The summed E-state index contributed by atoms with van der Waals surface area (Å²) in [5.41, 5.74) is -0.599. The van der Waals surface area contributed by atoms with Gasteiger partial charge in [-0.2, -0.15) is 0 Å². The highest BCUT2D eigenvalue weighted by Gasteiger charge is 2.24. The summed E-state index contributed by atoms with van der Waals surface area (Å²) in [6.07, 6.45) is 0. The summed E-state index contributed by atoms with van der Waals surface area (Å²) in [5.74, 6) is -2.65. The van der Waals surface area contributed by atoms with Crippen LogP contribution >= 0.6 is 11.6 Å². The first kappa shape index (κ1) is 16.7. The number of carbonyl (C=O) groups excluding carboxylic acids is 1. The van der Waals surface area contributed by atoms with Gasteiger partial charge in [-0.3, -0.25) is 4.79 Å². The third kappa shape index (κ3) is 2.70. The predicted octanol–water partition coefficient (Wildman–Crippen LogP) is 2.13. The lowest BCUT2D eigenvalue weighted by atomic mass is 10.1. The maximum atomic E-state index is 12.5. The Bertz CT molecular complexity index is 1220. The van der Waals surface area contributed by atoms with Crippen molar-refractivity contribution in [3.05, 3.63) is 57.2 Å². The summed E-state index contributed by atoms with van der Waals surface area (Å²) < 4.78 is 6.04. The molecule has 9 nitrogen and oxygen atoms in total. The van der Waals surface area contributed by atoms with E-state index in [4.69, 9.17) is 20.9 Å². The van der Waals surface area contributed by atoms with Crippen LogP contribution in [0.3, 0.4) is 0 Å². The van der Waals surface area contributed by atoms with E-state index in [0.29, 0.717) is 4.73 Å². The van der Waals surface area contributed by atoms with Gasteiger partial charge in [-0.15, -0.1) is 4.73 Å². The molecule has 1 aromatic heterocycles. The summed E-state index contributed by atoms with van der Waals surface area (Å²) in [7, 11) is 0. The topological polar surface area (TPSA) is 135 Å². The van der Waals surface area contributed by atoms with E-state index >= 15 is 0 Å². The molecule has 1 aliphatic heterocycles. The normalized spacial score (nSPS) is 11.1. The number of carbonyl (C=O) groups is 1. The molecule has 27 heavy (non-hydrogen) atoms. The quantitative estimate of drug-likeness (QED) is 0.444. The van der Waals surface area contributed by atoms with Crippen molar-refractivity contribution in [2.24, 2.45) is 0 Å². The van der Waals surface area contributed by atoms with Gasteiger partial charge >= 0.3 is 5.97 Å². The van der Waals surface area contributed by atoms with E-state index in [1.54, 1.807) is 0 Å². The Morgan fingerprint density at radius 1 is 1.11 bits per heavy atom. The lowest BCUT2D eigenvalue weighted by molar-refractivity contribution is 0.0379. The second-order valence-corrected chi connectivity index (χ2v) is 5.90. The molecule has 0 atom stereocenters. The smallest absolute Gasteiger partial charge is 0.371 e.